The van der Waals surface area contributed by atoms with Gasteiger partial charge < -0.3 is 19.5 Å². The molecule has 7 nitrogen and oxygen atoms in total. The standard InChI is InChI=1S/C25H32F3N5O2/c1-3-20-22(33-13-12-31(2)16-21(33)30-20)23(34)29-15-17-14-24(17)8-10-32(11-9-24)18-4-6-19(7-5-18)35-25(26,27)28/h4-7,17H,3,8-16H2,1-2H3,(H,29,34). The van der Waals surface area contributed by atoms with Gasteiger partial charge in [-0.25, -0.2) is 4.98 Å². The number of hydrogen-bond donors (Lipinski definition) is 1. The number of likely N-dealkylation sites (N-methyl/N-ethyl adjacent to an activating group) is 1. The molecular weight excluding hydrogens is 459 g/mol. The molecule has 0 radical (unpaired) electrons. The molecule has 1 N–H and O–H groups in total. The van der Waals surface area contributed by atoms with E-state index < -0.39 is 6.36 Å². The average Bonchev–Trinajstić information content (AvgIpc) is 3.34. The van der Waals surface area contributed by atoms with Gasteiger partial charge in [0.25, 0.3) is 5.91 Å². The topological polar surface area (TPSA) is 62.6 Å². The fourth-order valence-corrected chi connectivity index (χ4v) is 5.71. The normalized spacial score (nSPS) is 21.6. The number of aromatic nitrogens is 2. The van der Waals surface area contributed by atoms with E-state index in [1.165, 1.54) is 12.1 Å². The summed E-state index contributed by atoms with van der Waals surface area (Å²) in [7, 11) is 2.07. The van der Waals surface area contributed by atoms with Gasteiger partial charge in [-0.15, -0.1) is 13.2 Å². The Kier molecular flexibility index (Phi) is 6.19. The number of alkyl halides is 3. The number of imidazole rings is 1. The lowest BCUT2D eigenvalue weighted by Gasteiger charge is -2.34. The Morgan fingerprint density at radius 2 is 1.89 bits per heavy atom. The van der Waals surface area contributed by atoms with E-state index in [2.05, 4.69) is 31.5 Å². The van der Waals surface area contributed by atoms with Crippen molar-refractivity contribution in [3.8, 4) is 5.75 Å². The first kappa shape index (κ1) is 24.0. The van der Waals surface area contributed by atoms with Crippen LogP contribution in [0, 0.1) is 11.3 Å². The molecule has 1 unspecified atom stereocenters. The molecule has 10 heteroatoms. The van der Waals surface area contributed by atoms with E-state index in [0.717, 1.165) is 81.3 Å². The highest BCUT2D eigenvalue weighted by Crippen LogP contribution is 2.59. The smallest absolute Gasteiger partial charge is 0.406 e. The summed E-state index contributed by atoms with van der Waals surface area (Å²) in [5, 5.41) is 3.19. The maximum Gasteiger partial charge on any atom is 0.573 e. The van der Waals surface area contributed by atoms with Gasteiger partial charge in [-0.2, -0.15) is 0 Å². The van der Waals surface area contributed by atoms with E-state index in [0.29, 0.717) is 12.5 Å². The first-order chi connectivity index (χ1) is 16.7. The van der Waals surface area contributed by atoms with Gasteiger partial charge >= 0.3 is 6.36 Å². The molecule has 0 bridgehead atoms. The van der Waals surface area contributed by atoms with Crippen molar-refractivity contribution < 1.29 is 22.7 Å². The molecule has 2 aromatic rings. The number of carbonyl (C=O) groups excluding carboxylic acids is 1. The molecule has 2 fully saturated rings. The highest BCUT2D eigenvalue weighted by atomic mass is 19.4. The van der Waals surface area contributed by atoms with Crippen LogP contribution >= 0.6 is 0 Å². The van der Waals surface area contributed by atoms with Crippen molar-refractivity contribution >= 4 is 11.6 Å². The number of fused-ring (bicyclic) bond motifs is 1. The predicted molar refractivity (Wildman–Crippen MR) is 125 cm³/mol. The number of amides is 1. The molecule has 2 aliphatic heterocycles. The monoisotopic (exact) mass is 491 g/mol. The van der Waals surface area contributed by atoms with Crippen LogP contribution in [0.1, 0.15) is 48.2 Å². The molecule has 1 aromatic carbocycles. The summed E-state index contributed by atoms with van der Waals surface area (Å²) in [5.41, 5.74) is 2.76. The largest absolute Gasteiger partial charge is 0.573 e. The van der Waals surface area contributed by atoms with Crippen molar-refractivity contribution in [3.05, 3.63) is 41.5 Å². The number of aryl methyl sites for hydroxylation is 1. The summed E-state index contributed by atoms with van der Waals surface area (Å²) in [5.74, 6) is 1.21. The van der Waals surface area contributed by atoms with E-state index in [1.54, 1.807) is 12.1 Å². The van der Waals surface area contributed by atoms with E-state index >= 15 is 0 Å². The van der Waals surface area contributed by atoms with Crippen LogP contribution < -0.4 is 15.0 Å². The Morgan fingerprint density at radius 1 is 1.17 bits per heavy atom. The maximum atomic E-state index is 13.1. The fourth-order valence-electron chi connectivity index (χ4n) is 5.71. The quantitative estimate of drug-likeness (QED) is 0.666. The molecule has 1 saturated carbocycles. The van der Waals surface area contributed by atoms with E-state index in [-0.39, 0.29) is 17.1 Å². The molecule has 1 aliphatic carbocycles. The SMILES string of the molecule is CCc1nc2n(c1C(=O)NCC1CC13CCN(c1ccc(OC(F)(F)F)cc1)CC3)CCN(C)C2. The van der Waals surface area contributed by atoms with Crippen molar-refractivity contribution in [3.63, 3.8) is 0 Å². The molecule has 1 aromatic heterocycles. The lowest BCUT2D eigenvalue weighted by atomic mass is 9.90. The lowest BCUT2D eigenvalue weighted by Crippen LogP contribution is -2.37. The Balaban J connectivity index is 1.14. The highest BCUT2D eigenvalue weighted by Gasteiger charge is 2.54. The zero-order valence-electron chi connectivity index (χ0n) is 20.2. The Labute approximate surface area is 203 Å². The minimum atomic E-state index is -4.68. The Morgan fingerprint density at radius 3 is 2.54 bits per heavy atom. The zero-order chi connectivity index (χ0) is 24.8. The van der Waals surface area contributed by atoms with Crippen molar-refractivity contribution in [2.24, 2.45) is 11.3 Å². The number of piperidine rings is 1. The van der Waals surface area contributed by atoms with Gasteiger partial charge in [0.2, 0.25) is 0 Å². The minimum Gasteiger partial charge on any atom is -0.406 e. The summed E-state index contributed by atoms with van der Waals surface area (Å²) < 4.78 is 43.2. The van der Waals surface area contributed by atoms with E-state index in [9.17, 15) is 18.0 Å². The number of anilines is 1. The van der Waals surface area contributed by atoms with Crippen LogP contribution in [0.2, 0.25) is 0 Å². The van der Waals surface area contributed by atoms with Gasteiger partial charge in [-0.3, -0.25) is 9.69 Å². The molecule has 5 rings (SSSR count). The van der Waals surface area contributed by atoms with Crippen LogP contribution in [0.4, 0.5) is 18.9 Å². The summed E-state index contributed by atoms with van der Waals surface area (Å²) in [6, 6.07) is 6.08. The number of nitrogens with zero attached hydrogens (tertiary/aromatic N) is 4. The molecule has 1 amide bonds. The van der Waals surface area contributed by atoms with Crippen LogP contribution in [-0.4, -0.2) is 59.9 Å². The van der Waals surface area contributed by atoms with Gasteiger partial charge in [0.05, 0.1) is 12.2 Å². The van der Waals surface area contributed by atoms with Crippen molar-refractivity contribution in [1.82, 2.24) is 19.8 Å². The molecule has 35 heavy (non-hydrogen) atoms. The third-order valence-electron chi connectivity index (χ3n) is 7.85. The molecule has 1 atom stereocenters. The van der Waals surface area contributed by atoms with E-state index in [1.807, 2.05) is 6.92 Å². The van der Waals surface area contributed by atoms with Crippen LogP contribution in [0.25, 0.3) is 0 Å². The second kappa shape index (κ2) is 9.04. The molecule has 3 aliphatic rings. The van der Waals surface area contributed by atoms with Gasteiger partial charge in [0.15, 0.2) is 0 Å². The summed E-state index contributed by atoms with van der Waals surface area (Å²) in [6.07, 6.45) is -0.804. The third-order valence-corrected chi connectivity index (χ3v) is 7.85. The second-order valence-electron chi connectivity index (χ2n) is 10.1. The van der Waals surface area contributed by atoms with Crippen molar-refractivity contribution in [2.45, 2.75) is 52.1 Å². The summed E-state index contributed by atoms with van der Waals surface area (Å²) >= 11 is 0. The lowest BCUT2D eigenvalue weighted by molar-refractivity contribution is -0.274. The average molecular weight is 492 g/mol. The molecule has 1 spiro atoms. The number of hydrogen-bond acceptors (Lipinski definition) is 5. The second-order valence-corrected chi connectivity index (χ2v) is 10.1. The maximum absolute atomic E-state index is 13.1. The van der Waals surface area contributed by atoms with Gasteiger partial charge in [0, 0.05) is 38.4 Å². The molecule has 190 valence electrons. The van der Waals surface area contributed by atoms with Crippen molar-refractivity contribution in [2.75, 3.05) is 38.1 Å². The van der Waals surface area contributed by atoms with E-state index in [4.69, 9.17) is 4.98 Å². The molecule has 3 heterocycles. The third kappa shape index (κ3) is 4.98. The molecular formula is C25H32F3N5O2. The van der Waals surface area contributed by atoms with Gasteiger partial charge in [0.1, 0.15) is 17.3 Å². The van der Waals surface area contributed by atoms with Gasteiger partial charge in [-0.05, 0) is 68.3 Å². The minimum absolute atomic E-state index is 0.0224. The summed E-state index contributed by atoms with van der Waals surface area (Å²) in [6.45, 7) is 6.88. The molecule has 1 saturated heterocycles. The number of benzene rings is 1. The van der Waals surface area contributed by atoms with Crippen molar-refractivity contribution in [1.29, 1.82) is 0 Å². The number of carbonyl (C=O) groups is 1. The number of rotatable bonds is 6. The first-order valence-electron chi connectivity index (χ1n) is 12.3. The fraction of sp³-hybridized carbons (Fsp3) is 0.600. The van der Waals surface area contributed by atoms with Crippen LogP contribution in [0.3, 0.4) is 0 Å². The Hall–Kier alpha value is -2.75. The Bertz CT molecular complexity index is 1070. The number of nitrogens with one attached hydrogen (secondary N) is 1. The predicted octanol–water partition coefficient (Wildman–Crippen LogP) is 3.83. The number of halogens is 3. The van der Waals surface area contributed by atoms with Crippen LogP contribution in [-0.2, 0) is 19.5 Å². The number of ether oxygens (including phenoxy) is 1. The van der Waals surface area contributed by atoms with Gasteiger partial charge in [-0.1, -0.05) is 6.92 Å². The van der Waals surface area contributed by atoms with Crippen LogP contribution in [0.15, 0.2) is 24.3 Å². The summed E-state index contributed by atoms with van der Waals surface area (Å²) in [4.78, 5) is 22.3. The first-order valence-corrected chi connectivity index (χ1v) is 12.3. The van der Waals surface area contributed by atoms with Crippen LogP contribution in [0.5, 0.6) is 5.75 Å². The zero-order valence-corrected chi connectivity index (χ0v) is 20.2. The highest BCUT2D eigenvalue weighted by molar-refractivity contribution is 5.94.